The first-order chi connectivity index (χ1) is 8.39. The Kier molecular flexibility index (Phi) is 3.13. The van der Waals surface area contributed by atoms with Gasteiger partial charge in [-0.1, -0.05) is 0 Å². The van der Waals surface area contributed by atoms with Crippen LogP contribution < -0.4 is 0 Å². The summed E-state index contributed by atoms with van der Waals surface area (Å²) in [6.45, 7) is 0. The zero-order chi connectivity index (χ0) is 13.3. The molecule has 0 saturated carbocycles. The minimum Gasteiger partial charge on any atom is -0.472 e. The summed E-state index contributed by atoms with van der Waals surface area (Å²) in [5.41, 5.74) is -1.48. The van der Waals surface area contributed by atoms with E-state index in [4.69, 9.17) is 0 Å². The van der Waals surface area contributed by atoms with E-state index in [2.05, 4.69) is 4.42 Å². The smallest absolute Gasteiger partial charge is 0.416 e. The Hall–Kier alpha value is -1.82. The van der Waals surface area contributed by atoms with E-state index in [9.17, 15) is 22.7 Å². The molecule has 1 aromatic carbocycles. The molecule has 2 aromatic rings. The molecule has 0 radical (unpaired) electrons. The minimum atomic E-state index is -4.66. The second-order valence-corrected chi connectivity index (χ2v) is 3.69. The highest BCUT2D eigenvalue weighted by molar-refractivity contribution is 5.36. The Balaban J connectivity index is 2.52. The topological polar surface area (TPSA) is 33.4 Å². The lowest BCUT2D eigenvalue weighted by atomic mass is 9.98. The summed E-state index contributed by atoms with van der Waals surface area (Å²) in [5, 5.41) is 9.82. The fourth-order valence-corrected chi connectivity index (χ4v) is 1.63. The van der Waals surface area contributed by atoms with Gasteiger partial charge >= 0.3 is 6.18 Å². The van der Waals surface area contributed by atoms with Crippen molar-refractivity contribution in [3.8, 4) is 0 Å². The SMILES string of the molecule is OC(c1ccoc1)c1cc(F)ccc1C(F)(F)F. The van der Waals surface area contributed by atoms with Crippen LogP contribution in [0.2, 0.25) is 0 Å². The molecule has 0 bridgehead atoms. The minimum absolute atomic E-state index is 0.131. The van der Waals surface area contributed by atoms with E-state index in [0.29, 0.717) is 18.2 Å². The molecule has 18 heavy (non-hydrogen) atoms. The number of aliphatic hydroxyl groups excluding tert-OH is 1. The van der Waals surface area contributed by atoms with Crippen molar-refractivity contribution in [1.29, 1.82) is 0 Å². The van der Waals surface area contributed by atoms with Crippen molar-refractivity contribution in [2.45, 2.75) is 12.3 Å². The maximum atomic E-state index is 13.0. The van der Waals surface area contributed by atoms with Crippen LogP contribution in [0.3, 0.4) is 0 Å². The molecule has 1 aromatic heterocycles. The van der Waals surface area contributed by atoms with Crippen molar-refractivity contribution >= 4 is 0 Å². The first kappa shape index (κ1) is 12.6. The Bertz CT molecular complexity index is 532. The molecule has 0 aliphatic heterocycles. The van der Waals surface area contributed by atoms with Gasteiger partial charge in [-0.2, -0.15) is 13.2 Å². The lowest BCUT2D eigenvalue weighted by Crippen LogP contribution is -2.12. The summed E-state index contributed by atoms with van der Waals surface area (Å²) in [7, 11) is 0. The number of furan rings is 1. The fraction of sp³-hybridized carbons (Fsp3) is 0.167. The zero-order valence-corrected chi connectivity index (χ0v) is 8.91. The molecule has 0 amide bonds. The molecule has 1 N–H and O–H groups in total. The van der Waals surface area contributed by atoms with Crippen LogP contribution in [0.4, 0.5) is 17.6 Å². The van der Waals surface area contributed by atoms with Gasteiger partial charge in [0.2, 0.25) is 0 Å². The van der Waals surface area contributed by atoms with Crippen molar-refractivity contribution in [1.82, 2.24) is 0 Å². The third-order valence-electron chi connectivity index (χ3n) is 2.47. The molecule has 96 valence electrons. The first-order valence-corrected chi connectivity index (χ1v) is 4.96. The largest absolute Gasteiger partial charge is 0.472 e. The van der Waals surface area contributed by atoms with Gasteiger partial charge in [-0.05, 0) is 24.3 Å². The molecule has 0 saturated heterocycles. The Morgan fingerprint density at radius 1 is 1.17 bits per heavy atom. The first-order valence-electron chi connectivity index (χ1n) is 4.96. The van der Waals surface area contributed by atoms with Crippen molar-refractivity contribution in [3.63, 3.8) is 0 Å². The van der Waals surface area contributed by atoms with Crippen molar-refractivity contribution in [3.05, 3.63) is 59.3 Å². The van der Waals surface area contributed by atoms with Gasteiger partial charge in [0, 0.05) is 11.1 Å². The zero-order valence-electron chi connectivity index (χ0n) is 8.91. The van der Waals surface area contributed by atoms with Gasteiger partial charge in [0.1, 0.15) is 11.9 Å². The van der Waals surface area contributed by atoms with Crippen LogP contribution in [-0.2, 0) is 6.18 Å². The monoisotopic (exact) mass is 260 g/mol. The van der Waals surface area contributed by atoms with E-state index >= 15 is 0 Å². The molecule has 0 aliphatic rings. The fourth-order valence-electron chi connectivity index (χ4n) is 1.63. The number of halogens is 4. The number of benzene rings is 1. The van der Waals surface area contributed by atoms with Gasteiger partial charge in [-0.15, -0.1) is 0 Å². The van der Waals surface area contributed by atoms with Crippen LogP contribution in [0.1, 0.15) is 22.8 Å². The van der Waals surface area contributed by atoms with E-state index in [-0.39, 0.29) is 5.56 Å². The molecule has 2 nitrogen and oxygen atoms in total. The summed E-state index contributed by atoms with van der Waals surface area (Å²) in [5.74, 6) is -0.847. The molecule has 6 heteroatoms. The quantitative estimate of drug-likeness (QED) is 0.838. The molecule has 0 aliphatic carbocycles. The molecule has 1 atom stereocenters. The van der Waals surface area contributed by atoms with Gasteiger partial charge in [-0.25, -0.2) is 4.39 Å². The Labute approximate surface area is 99.5 Å². The van der Waals surface area contributed by atoms with Gasteiger partial charge < -0.3 is 9.52 Å². The van der Waals surface area contributed by atoms with Crippen LogP contribution in [0.15, 0.2) is 41.2 Å². The molecule has 1 heterocycles. The number of alkyl halides is 3. The lowest BCUT2D eigenvalue weighted by Gasteiger charge is -2.16. The van der Waals surface area contributed by atoms with E-state index in [1.165, 1.54) is 12.3 Å². The van der Waals surface area contributed by atoms with Crippen LogP contribution >= 0.6 is 0 Å². The summed E-state index contributed by atoms with van der Waals surface area (Å²) < 4.78 is 55.9. The molecular formula is C12H8F4O2. The number of aliphatic hydroxyl groups is 1. The lowest BCUT2D eigenvalue weighted by molar-refractivity contribution is -0.139. The summed E-state index contributed by atoms with van der Waals surface area (Å²) >= 11 is 0. The highest BCUT2D eigenvalue weighted by Crippen LogP contribution is 2.36. The summed E-state index contributed by atoms with van der Waals surface area (Å²) in [4.78, 5) is 0. The van der Waals surface area contributed by atoms with Gasteiger partial charge in [0.15, 0.2) is 0 Å². The Morgan fingerprint density at radius 3 is 2.44 bits per heavy atom. The van der Waals surface area contributed by atoms with E-state index in [1.807, 2.05) is 0 Å². The van der Waals surface area contributed by atoms with Crippen LogP contribution in [0, 0.1) is 5.82 Å². The van der Waals surface area contributed by atoms with Crippen LogP contribution in [-0.4, -0.2) is 5.11 Å². The third kappa shape index (κ3) is 2.38. The maximum absolute atomic E-state index is 13.0. The Morgan fingerprint density at radius 2 is 1.89 bits per heavy atom. The number of hydrogen-bond donors (Lipinski definition) is 1. The predicted molar refractivity (Wildman–Crippen MR) is 54.2 cm³/mol. The van der Waals surface area contributed by atoms with E-state index < -0.39 is 29.2 Å². The molecule has 0 fully saturated rings. The van der Waals surface area contributed by atoms with Crippen LogP contribution in [0.25, 0.3) is 0 Å². The van der Waals surface area contributed by atoms with Crippen LogP contribution in [0.5, 0.6) is 0 Å². The van der Waals surface area contributed by atoms with Gasteiger partial charge in [0.05, 0.1) is 18.1 Å². The second-order valence-electron chi connectivity index (χ2n) is 3.69. The molecule has 1 unspecified atom stereocenters. The van der Waals surface area contributed by atoms with E-state index in [1.54, 1.807) is 0 Å². The molecule has 0 spiro atoms. The van der Waals surface area contributed by atoms with Crippen molar-refractivity contribution in [2.24, 2.45) is 0 Å². The predicted octanol–water partition coefficient (Wildman–Crippen LogP) is 3.52. The summed E-state index contributed by atoms with van der Waals surface area (Å²) in [6.07, 6.45) is -3.93. The molecule has 2 rings (SSSR count). The third-order valence-corrected chi connectivity index (χ3v) is 2.47. The van der Waals surface area contributed by atoms with Crippen molar-refractivity contribution in [2.75, 3.05) is 0 Å². The average molecular weight is 260 g/mol. The normalized spacial score (nSPS) is 13.6. The highest BCUT2D eigenvalue weighted by Gasteiger charge is 2.35. The number of rotatable bonds is 2. The standard InChI is InChI=1S/C12H8F4O2/c13-8-1-2-10(12(14,15)16)9(5-8)11(17)7-3-4-18-6-7/h1-6,11,17H. The second kappa shape index (κ2) is 4.45. The van der Waals surface area contributed by atoms with E-state index in [0.717, 1.165) is 6.26 Å². The van der Waals surface area contributed by atoms with Gasteiger partial charge in [-0.3, -0.25) is 0 Å². The highest BCUT2D eigenvalue weighted by atomic mass is 19.4. The average Bonchev–Trinajstić information content (AvgIpc) is 2.79. The molecular weight excluding hydrogens is 252 g/mol. The number of hydrogen-bond acceptors (Lipinski definition) is 2. The summed E-state index contributed by atoms with van der Waals surface area (Å²) in [6, 6.07) is 3.29. The van der Waals surface area contributed by atoms with Crippen molar-refractivity contribution < 1.29 is 27.1 Å². The van der Waals surface area contributed by atoms with Gasteiger partial charge in [0.25, 0.3) is 0 Å². The maximum Gasteiger partial charge on any atom is 0.416 e.